The zero-order valence-corrected chi connectivity index (χ0v) is 19.5. The Bertz CT molecular complexity index is 1120. The van der Waals surface area contributed by atoms with Crippen LogP contribution in [0.2, 0.25) is 0 Å². The molecule has 3 aromatic rings. The molecule has 1 fully saturated rings. The van der Waals surface area contributed by atoms with Crippen molar-refractivity contribution in [3.8, 4) is 0 Å². The lowest BCUT2D eigenvalue weighted by Crippen LogP contribution is -2.38. The van der Waals surface area contributed by atoms with Crippen LogP contribution in [0.5, 0.6) is 0 Å². The van der Waals surface area contributed by atoms with Gasteiger partial charge in [0.2, 0.25) is 5.95 Å². The van der Waals surface area contributed by atoms with E-state index in [1.807, 2.05) is 22.9 Å². The summed E-state index contributed by atoms with van der Waals surface area (Å²) in [6.07, 6.45) is 11.4. The van der Waals surface area contributed by atoms with Gasteiger partial charge < -0.3 is 9.64 Å². The summed E-state index contributed by atoms with van der Waals surface area (Å²) in [5, 5.41) is 0. The Labute approximate surface area is 195 Å². The summed E-state index contributed by atoms with van der Waals surface area (Å²) < 4.78 is 9.34. The van der Waals surface area contributed by atoms with E-state index in [-0.39, 0.29) is 5.56 Å². The van der Waals surface area contributed by atoms with Crippen molar-refractivity contribution >= 4 is 11.7 Å². The second-order valence-electron chi connectivity index (χ2n) is 9.34. The Morgan fingerprint density at radius 2 is 1.48 bits per heavy atom. The van der Waals surface area contributed by atoms with Gasteiger partial charge in [-0.1, -0.05) is 68.9 Å². The molecule has 7 heteroatoms. The van der Waals surface area contributed by atoms with E-state index >= 15 is 0 Å². The maximum absolute atomic E-state index is 13.9. The van der Waals surface area contributed by atoms with Gasteiger partial charge in [-0.25, -0.2) is 9.67 Å². The number of rotatable bonds is 3. The molecule has 0 amide bonds. The van der Waals surface area contributed by atoms with E-state index in [0.29, 0.717) is 25.5 Å². The molecule has 0 saturated carbocycles. The average Bonchev–Trinajstić information content (AvgIpc) is 3.20. The first-order valence-electron chi connectivity index (χ1n) is 12.7. The second kappa shape index (κ2) is 10.5. The number of hydrogen-bond acceptors (Lipinski definition) is 5. The van der Waals surface area contributed by atoms with Crippen molar-refractivity contribution in [1.82, 2.24) is 19.2 Å². The maximum Gasteiger partial charge on any atom is 0.277 e. The van der Waals surface area contributed by atoms with E-state index in [1.54, 1.807) is 4.52 Å². The predicted octanol–water partition coefficient (Wildman–Crippen LogP) is 4.00. The zero-order valence-electron chi connectivity index (χ0n) is 19.5. The highest BCUT2D eigenvalue weighted by Gasteiger charge is 2.24. The van der Waals surface area contributed by atoms with Crippen LogP contribution in [0.1, 0.15) is 68.2 Å². The van der Waals surface area contributed by atoms with Gasteiger partial charge in [0, 0.05) is 18.7 Å². The van der Waals surface area contributed by atoms with Crippen molar-refractivity contribution in [2.45, 2.75) is 70.8 Å². The van der Waals surface area contributed by atoms with Gasteiger partial charge in [0.25, 0.3) is 11.3 Å². The standard InChI is InChI=1S/C26H35N5O2/c32-24-22-14-10-5-3-1-2-4-6-11-15-23(22)27-25-28-26(29-16-18-33-19-17-29)30(31(24)25)20-21-12-8-7-9-13-21/h7-9,12-13H,1-6,10-11,14-20H2. The fraction of sp³-hybridized carbons (Fsp3) is 0.577. The topological polar surface area (TPSA) is 64.7 Å². The van der Waals surface area contributed by atoms with Crippen LogP contribution in [0.3, 0.4) is 0 Å². The molecule has 1 aromatic carbocycles. The summed E-state index contributed by atoms with van der Waals surface area (Å²) in [6.45, 7) is 3.48. The number of aryl methyl sites for hydroxylation is 1. The van der Waals surface area contributed by atoms with Crippen LogP contribution in [-0.4, -0.2) is 45.5 Å². The average molecular weight is 450 g/mol. The Morgan fingerprint density at radius 1 is 0.818 bits per heavy atom. The van der Waals surface area contributed by atoms with Crippen LogP contribution in [0.15, 0.2) is 35.1 Å². The molecule has 5 rings (SSSR count). The SMILES string of the molecule is O=c1c2c(nc3nc(N4CCOCC4)n(Cc4ccccc4)n13)CCCCCCCCCC2. The molecule has 0 unspecified atom stereocenters. The quantitative estimate of drug-likeness (QED) is 0.605. The smallest absolute Gasteiger partial charge is 0.277 e. The summed E-state index contributed by atoms with van der Waals surface area (Å²) in [7, 11) is 0. The van der Waals surface area contributed by atoms with E-state index in [9.17, 15) is 4.79 Å². The summed E-state index contributed by atoms with van der Waals surface area (Å²) in [5.41, 5.74) is 3.08. The summed E-state index contributed by atoms with van der Waals surface area (Å²) in [5.74, 6) is 1.34. The number of morpholine rings is 1. The first kappa shape index (κ1) is 22.1. The fourth-order valence-corrected chi connectivity index (χ4v) is 5.11. The third-order valence-corrected chi connectivity index (χ3v) is 6.96. The van der Waals surface area contributed by atoms with Crippen LogP contribution in [0.4, 0.5) is 5.95 Å². The molecular formula is C26H35N5O2. The van der Waals surface area contributed by atoms with Crippen molar-refractivity contribution in [2.24, 2.45) is 0 Å². The summed E-state index contributed by atoms with van der Waals surface area (Å²) in [4.78, 5) is 26.1. The molecule has 0 N–H and O–H groups in total. The third kappa shape index (κ3) is 4.98. The van der Waals surface area contributed by atoms with Crippen LogP contribution >= 0.6 is 0 Å². The Balaban J connectivity index is 1.61. The molecule has 1 aliphatic heterocycles. The molecule has 0 atom stereocenters. The number of hydrogen-bond donors (Lipinski definition) is 0. The third-order valence-electron chi connectivity index (χ3n) is 6.96. The van der Waals surface area contributed by atoms with Gasteiger partial charge in [0.05, 0.1) is 25.5 Å². The second-order valence-corrected chi connectivity index (χ2v) is 9.34. The first-order chi connectivity index (χ1) is 16.3. The minimum Gasteiger partial charge on any atom is -0.378 e. The lowest BCUT2D eigenvalue weighted by molar-refractivity contribution is 0.121. The van der Waals surface area contributed by atoms with E-state index < -0.39 is 0 Å². The summed E-state index contributed by atoms with van der Waals surface area (Å²) >= 11 is 0. The van der Waals surface area contributed by atoms with E-state index in [4.69, 9.17) is 14.7 Å². The largest absolute Gasteiger partial charge is 0.378 e. The molecule has 3 heterocycles. The van der Waals surface area contributed by atoms with Crippen LogP contribution in [0.25, 0.3) is 5.78 Å². The molecule has 0 spiro atoms. The van der Waals surface area contributed by atoms with Gasteiger partial charge in [-0.3, -0.25) is 4.79 Å². The number of fused-ring (bicyclic) bond motifs is 2. The van der Waals surface area contributed by atoms with Gasteiger partial charge >= 0.3 is 0 Å². The minimum absolute atomic E-state index is 0.0648. The van der Waals surface area contributed by atoms with Gasteiger partial charge in [-0.05, 0) is 31.2 Å². The molecule has 7 nitrogen and oxygen atoms in total. The number of anilines is 1. The summed E-state index contributed by atoms with van der Waals surface area (Å²) in [6, 6.07) is 10.3. The number of benzene rings is 1. The lowest BCUT2D eigenvalue weighted by Gasteiger charge is -2.28. The molecule has 1 saturated heterocycles. The van der Waals surface area contributed by atoms with Gasteiger partial charge in [-0.2, -0.15) is 9.50 Å². The Kier molecular flexibility index (Phi) is 7.05. The fourth-order valence-electron chi connectivity index (χ4n) is 5.11. The number of nitrogens with zero attached hydrogens (tertiary/aromatic N) is 5. The molecule has 33 heavy (non-hydrogen) atoms. The molecule has 2 aliphatic rings. The highest BCUT2D eigenvalue weighted by molar-refractivity contribution is 5.43. The number of aromatic nitrogens is 4. The van der Waals surface area contributed by atoms with Crippen molar-refractivity contribution in [3.63, 3.8) is 0 Å². The first-order valence-corrected chi connectivity index (χ1v) is 12.7. The van der Waals surface area contributed by atoms with Crippen molar-refractivity contribution in [2.75, 3.05) is 31.2 Å². The highest BCUT2D eigenvalue weighted by atomic mass is 16.5. The molecule has 0 radical (unpaired) electrons. The maximum atomic E-state index is 13.9. The highest BCUT2D eigenvalue weighted by Crippen LogP contribution is 2.21. The van der Waals surface area contributed by atoms with Gasteiger partial charge in [-0.15, -0.1) is 0 Å². The van der Waals surface area contributed by atoms with E-state index in [0.717, 1.165) is 61.5 Å². The molecule has 2 aromatic heterocycles. The molecule has 0 bridgehead atoms. The van der Waals surface area contributed by atoms with E-state index in [1.165, 1.54) is 38.5 Å². The molecular weight excluding hydrogens is 414 g/mol. The lowest BCUT2D eigenvalue weighted by atomic mass is 9.99. The Morgan fingerprint density at radius 3 is 2.21 bits per heavy atom. The van der Waals surface area contributed by atoms with E-state index in [2.05, 4.69) is 17.0 Å². The minimum atomic E-state index is 0.0648. The predicted molar refractivity (Wildman–Crippen MR) is 130 cm³/mol. The number of ether oxygens (including phenoxy) is 1. The van der Waals surface area contributed by atoms with Crippen molar-refractivity contribution in [3.05, 3.63) is 57.5 Å². The van der Waals surface area contributed by atoms with Crippen LogP contribution in [0, 0.1) is 0 Å². The van der Waals surface area contributed by atoms with Gasteiger partial charge in [0.1, 0.15) is 0 Å². The van der Waals surface area contributed by atoms with Crippen LogP contribution < -0.4 is 10.5 Å². The Hall–Kier alpha value is -2.67. The van der Waals surface area contributed by atoms with Gasteiger partial charge in [0.15, 0.2) is 0 Å². The normalized spacial score (nSPS) is 18.5. The monoisotopic (exact) mass is 449 g/mol. The van der Waals surface area contributed by atoms with Crippen LogP contribution in [-0.2, 0) is 24.1 Å². The van der Waals surface area contributed by atoms with Crippen molar-refractivity contribution < 1.29 is 4.74 Å². The van der Waals surface area contributed by atoms with Crippen molar-refractivity contribution in [1.29, 1.82) is 0 Å². The zero-order chi connectivity index (χ0) is 22.5. The molecule has 176 valence electrons. The molecule has 1 aliphatic carbocycles.